The maximum Gasteiger partial charge on any atom is 0.214 e. The van der Waals surface area contributed by atoms with Crippen molar-refractivity contribution < 1.29 is 17.2 Å². The third-order valence-corrected chi connectivity index (χ3v) is 3.72. The molecule has 1 N–H and O–H groups in total. The van der Waals surface area contributed by atoms with Gasteiger partial charge in [0.05, 0.1) is 11.5 Å². The molecule has 0 amide bonds. The highest BCUT2D eigenvalue weighted by molar-refractivity contribution is 7.90. The van der Waals surface area contributed by atoms with Gasteiger partial charge in [-0.3, -0.25) is 0 Å². The summed E-state index contributed by atoms with van der Waals surface area (Å²) in [4.78, 5) is 0. The quantitative estimate of drug-likeness (QED) is 0.598. The van der Waals surface area contributed by atoms with E-state index in [1.54, 1.807) is 0 Å². The minimum atomic E-state index is -3.31. The van der Waals surface area contributed by atoms with Crippen LogP contribution in [0.1, 0.15) is 0 Å². The van der Waals surface area contributed by atoms with E-state index < -0.39 is 21.1 Å². The zero-order chi connectivity index (χ0) is 9.07. The highest BCUT2D eigenvalue weighted by atomic mass is 32.2. The maximum atomic E-state index is 10.9. The van der Waals surface area contributed by atoms with Crippen LogP contribution in [-0.4, -0.2) is 47.1 Å². The predicted octanol–water partition coefficient (Wildman–Crippen LogP) is -0.900. The number of rotatable bonds is 4. The lowest BCUT2D eigenvalue weighted by atomic mass is 11.0. The molecule has 0 aromatic carbocycles. The molecular formula is C4H11NO4S2. The molecule has 0 saturated heterocycles. The van der Waals surface area contributed by atoms with E-state index in [1.807, 2.05) is 0 Å². The lowest BCUT2D eigenvalue weighted by Gasteiger charge is -2.09. The van der Waals surface area contributed by atoms with Crippen LogP contribution in [0.25, 0.3) is 0 Å². The summed E-state index contributed by atoms with van der Waals surface area (Å²) in [6.07, 6.45) is 0. The van der Waals surface area contributed by atoms with E-state index in [1.165, 1.54) is 14.1 Å². The molecule has 0 aliphatic heterocycles. The van der Waals surface area contributed by atoms with Crippen molar-refractivity contribution in [1.82, 2.24) is 4.31 Å². The fourth-order valence-corrected chi connectivity index (χ4v) is 2.14. The molecule has 0 aliphatic rings. The summed E-state index contributed by atoms with van der Waals surface area (Å²) in [5.41, 5.74) is 0. The van der Waals surface area contributed by atoms with E-state index in [0.29, 0.717) is 0 Å². The van der Waals surface area contributed by atoms with Crippen molar-refractivity contribution >= 4 is 21.1 Å². The maximum absolute atomic E-state index is 10.9. The van der Waals surface area contributed by atoms with Crippen molar-refractivity contribution in [2.45, 2.75) is 0 Å². The van der Waals surface area contributed by atoms with Gasteiger partial charge >= 0.3 is 0 Å². The SMILES string of the molecule is CN(C)S(=O)(=O)CCS(=O)O. The first kappa shape index (κ1) is 11.0. The number of hydrogen-bond donors (Lipinski definition) is 1. The molecule has 7 heteroatoms. The van der Waals surface area contributed by atoms with E-state index in [-0.39, 0.29) is 11.5 Å². The highest BCUT2D eigenvalue weighted by Gasteiger charge is 2.13. The van der Waals surface area contributed by atoms with E-state index in [4.69, 9.17) is 4.55 Å². The summed E-state index contributed by atoms with van der Waals surface area (Å²) in [5, 5.41) is 0. The van der Waals surface area contributed by atoms with Crippen molar-refractivity contribution in [1.29, 1.82) is 0 Å². The van der Waals surface area contributed by atoms with Crippen LogP contribution >= 0.6 is 0 Å². The Morgan fingerprint density at radius 1 is 1.45 bits per heavy atom. The molecular weight excluding hydrogens is 190 g/mol. The molecule has 0 fully saturated rings. The van der Waals surface area contributed by atoms with Gasteiger partial charge in [-0.1, -0.05) is 0 Å². The van der Waals surface area contributed by atoms with E-state index in [2.05, 4.69) is 0 Å². The fraction of sp³-hybridized carbons (Fsp3) is 1.00. The molecule has 0 aliphatic carbocycles. The van der Waals surface area contributed by atoms with E-state index >= 15 is 0 Å². The molecule has 1 atom stereocenters. The summed E-state index contributed by atoms with van der Waals surface area (Å²) >= 11 is -2.03. The van der Waals surface area contributed by atoms with Gasteiger partial charge in [0.2, 0.25) is 10.0 Å². The van der Waals surface area contributed by atoms with Gasteiger partial charge < -0.3 is 4.55 Å². The molecule has 5 nitrogen and oxygen atoms in total. The molecule has 0 aromatic heterocycles. The molecule has 0 saturated carbocycles. The zero-order valence-electron chi connectivity index (χ0n) is 6.35. The minimum absolute atomic E-state index is 0.236. The summed E-state index contributed by atoms with van der Waals surface area (Å²) in [6.45, 7) is 0. The van der Waals surface area contributed by atoms with E-state index in [9.17, 15) is 12.6 Å². The first-order chi connectivity index (χ1) is 4.86. The number of sulfonamides is 1. The van der Waals surface area contributed by atoms with Crippen LogP contribution in [0.2, 0.25) is 0 Å². The van der Waals surface area contributed by atoms with Crippen molar-refractivity contribution in [2.75, 3.05) is 25.6 Å². The Morgan fingerprint density at radius 3 is 2.18 bits per heavy atom. The van der Waals surface area contributed by atoms with Crippen molar-refractivity contribution in [3.05, 3.63) is 0 Å². The normalized spacial score (nSPS) is 15.3. The van der Waals surface area contributed by atoms with Gasteiger partial charge in [0.1, 0.15) is 0 Å². The lowest BCUT2D eigenvalue weighted by Crippen LogP contribution is -2.27. The van der Waals surface area contributed by atoms with Crippen LogP contribution in [0.4, 0.5) is 0 Å². The summed E-state index contributed by atoms with van der Waals surface area (Å²) in [7, 11) is -0.544. The Balaban J connectivity index is 4.05. The summed E-state index contributed by atoms with van der Waals surface area (Å²) < 4.78 is 41.2. The van der Waals surface area contributed by atoms with Gasteiger partial charge in [0, 0.05) is 14.1 Å². The van der Waals surface area contributed by atoms with Gasteiger partial charge in [-0.25, -0.2) is 16.9 Å². The Labute approximate surface area is 68.7 Å². The Morgan fingerprint density at radius 2 is 1.91 bits per heavy atom. The summed E-state index contributed by atoms with van der Waals surface area (Å²) in [6, 6.07) is 0. The average molecular weight is 201 g/mol. The topological polar surface area (TPSA) is 74.7 Å². The molecule has 0 bridgehead atoms. The van der Waals surface area contributed by atoms with Crippen LogP contribution in [0.15, 0.2) is 0 Å². The monoisotopic (exact) mass is 201 g/mol. The molecule has 0 rings (SSSR count). The second kappa shape index (κ2) is 4.15. The van der Waals surface area contributed by atoms with Gasteiger partial charge in [-0.05, 0) is 0 Å². The van der Waals surface area contributed by atoms with Crippen LogP contribution in [0.3, 0.4) is 0 Å². The Bertz CT molecular complexity index is 232. The smallest absolute Gasteiger partial charge is 0.214 e. The van der Waals surface area contributed by atoms with Gasteiger partial charge in [-0.15, -0.1) is 0 Å². The van der Waals surface area contributed by atoms with Crippen LogP contribution in [0.5, 0.6) is 0 Å². The number of nitrogens with zero attached hydrogens (tertiary/aromatic N) is 1. The van der Waals surface area contributed by atoms with Crippen molar-refractivity contribution in [2.24, 2.45) is 0 Å². The molecule has 0 aromatic rings. The van der Waals surface area contributed by atoms with E-state index in [0.717, 1.165) is 4.31 Å². The van der Waals surface area contributed by atoms with Crippen molar-refractivity contribution in [3.8, 4) is 0 Å². The summed E-state index contributed by atoms with van der Waals surface area (Å²) in [5.74, 6) is -0.524. The lowest BCUT2D eigenvalue weighted by molar-refractivity contribution is 0.520. The zero-order valence-corrected chi connectivity index (χ0v) is 7.98. The average Bonchev–Trinajstić information content (AvgIpc) is 1.84. The standard InChI is InChI=1S/C4H11NO4S2/c1-5(2)11(8,9)4-3-10(6)7/h3-4H2,1-2H3,(H,6,7). The molecule has 11 heavy (non-hydrogen) atoms. The van der Waals surface area contributed by atoms with Gasteiger partial charge in [0.25, 0.3) is 0 Å². The molecule has 0 radical (unpaired) electrons. The first-order valence-corrected chi connectivity index (χ1v) is 5.72. The fourth-order valence-electron chi connectivity index (χ4n) is 0.359. The molecule has 0 heterocycles. The second-order valence-electron chi connectivity index (χ2n) is 2.12. The molecule has 68 valence electrons. The minimum Gasteiger partial charge on any atom is -0.306 e. The Kier molecular flexibility index (Phi) is 4.16. The largest absolute Gasteiger partial charge is 0.306 e. The third kappa shape index (κ3) is 4.46. The van der Waals surface area contributed by atoms with Gasteiger partial charge in [-0.2, -0.15) is 0 Å². The van der Waals surface area contributed by atoms with Crippen LogP contribution in [-0.2, 0) is 21.1 Å². The number of hydrogen-bond acceptors (Lipinski definition) is 3. The van der Waals surface area contributed by atoms with Gasteiger partial charge in [0.15, 0.2) is 11.1 Å². The van der Waals surface area contributed by atoms with Crippen LogP contribution in [0, 0.1) is 0 Å². The van der Waals surface area contributed by atoms with Crippen molar-refractivity contribution in [3.63, 3.8) is 0 Å². The molecule has 0 spiro atoms. The highest BCUT2D eigenvalue weighted by Crippen LogP contribution is 1.93. The predicted molar refractivity (Wildman–Crippen MR) is 43.1 cm³/mol. The second-order valence-corrected chi connectivity index (χ2v) is 5.48. The Hall–Kier alpha value is 0.0200. The van der Waals surface area contributed by atoms with Crippen LogP contribution < -0.4 is 0 Å². The first-order valence-electron chi connectivity index (χ1n) is 2.84. The molecule has 1 unspecified atom stereocenters. The third-order valence-electron chi connectivity index (χ3n) is 1.07.